The second-order valence-electron chi connectivity index (χ2n) is 4.17. The molecule has 6 nitrogen and oxygen atoms in total. The Hall–Kier alpha value is -1.89. The number of hydrogen-bond donors (Lipinski definition) is 2. The van der Waals surface area contributed by atoms with Gasteiger partial charge in [-0.05, 0) is 13.0 Å². The van der Waals surface area contributed by atoms with E-state index in [0.29, 0.717) is 5.71 Å². The fraction of sp³-hybridized carbons (Fsp3) is 0.0769. The van der Waals surface area contributed by atoms with E-state index in [2.05, 4.69) is 20.5 Å². The van der Waals surface area contributed by atoms with Gasteiger partial charge in [0.15, 0.2) is 10.8 Å². The topological polar surface area (TPSA) is 93.3 Å². The van der Waals surface area contributed by atoms with Gasteiger partial charge < -0.3 is 5.73 Å². The van der Waals surface area contributed by atoms with Crippen LogP contribution in [0.15, 0.2) is 29.6 Å². The van der Waals surface area contributed by atoms with Crippen molar-refractivity contribution in [2.45, 2.75) is 6.92 Å². The molecular formula is C13H10Cl3N5O. The van der Waals surface area contributed by atoms with Gasteiger partial charge in [-0.2, -0.15) is 5.10 Å². The number of nitrogen functional groups attached to an aromatic ring is 1. The van der Waals surface area contributed by atoms with Gasteiger partial charge in [0, 0.05) is 18.0 Å². The molecule has 0 radical (unpaired) electrons. The molecule has 0 fully saturated rings. The third-order valence-corrected chi connectivity index (χ3v) is 3.83. The molecule has 0 aromatic carbocycles. The number of halogens is 3. The summed E-state index contributed by atoms with van der Waals surface area (Å²) in [5.41, 5.74) is 9.14. The van der Waals surface area contributed by atoms with Crippen LogP contribution in [0.4, 0.5) is 5.69 Å². The van der Waals surface area contributed by atoms with Crippen molar-refractivity contribution in [2.75, 3.05) is 5.73 Å². The fourth-order valence-corrected chi connectivity index (χ4v) is 2.10. The maximum absolute atomic E-state index is 12.1. The van der Waals surface area contributed by atoms with Gasteiger partial charge in [-0.1, -0.05) is 40.9 Å². The number of pyridine rings is 2. The highest BCUT2D eigenvalue weighted by molar-refractivity contribution is 6.46. The van der Waals surface area contributed by atoms with E-state index in [1.54, 1.807) is 31.5 Å². The first-order valence-corrected chi connectivity index (χ1v) is 7.10. The SMILES string of the molecule is C/C(=N\NC(=O)c1nc(Cl)c(Cl)c(N)c1Cl)c1cccnc1. The minimum atomic E-state index is -0.654. The Labute approximate surface area is 141 Å². The van der Waals surface area contributed by atoms with E-state index in [-0.39, 0.29) is 26.6 Å². The van der Waals surface area contributed by atoms with Crippen LogP contribution in [0.1, 0.15) is 23.0 Å². The molecule has 0 aliphatic heterocycles. The molecule has 0 spiro atoms. The zero-order chi connectivity index (χ0) is 16.3. The highest BCUT2D eigenvalue weighted by atomic mass is 35.5. The summed E-state index contributed by atoms with van der Waals surface area (Å²) in [6, 6.07) is 3.56. The number of hydrazone groups is 1. The standard InChI is InChI=1S/C13H10Cl3N5O/c1-6(7-3-2-4-18-5-7)20-21-13(22)11-8(14)10(17)9(15)12(16)19-11/h2-5H,1H3,(H2,17,19)(H,21,22)/b20-6+. The third-order valence-electron chi connectivity index (χ3n) is 2.69. The number of rotatable bonds is 3. The number of carbonyl (C=O) groups excluding carboxylic acids is 1. The number of carbonyl (C=O) groups is 1. The van der Waals surface area contributed by atoms with E-state index >= 15 is 0 Å². The van der Waals surface area contributed by atoms with Crippen molar-refractivity contribution in [1.29, 1.82) is 0 Å². The van der Waals surface area contributed by atoms with Crippen LogP contribution < -0.4 is 11.2 Å². The van der Waals surface area contributed by atoms with E-state index < -0.39 is 5.91 Å². The molecule has 1 amide bonds. The molecule has 2 heterocycles. The third kappa shape index (κ3) is 3.47. The summed E-state index contributed by atoms with van der Waals surface area (Å²) in [5, 5.41) is 3.76. The number of aromatic nitrogens is 2. The van der Waals surface area contributed by atoms with Crippen molar-refractivity contribution in [3.05, 3.63) is 51.0 Å². The average Bonchev–Trinajstić information content (AvgIpc) is 2.54. The highest BCUT2D eigenvalue weighted by Gasteiger charge is 2.19. The monoisotopic (exact) mass is 357 g/mol. The van der Waals surface area contributed by atoms with Crippen molar-refractivity contribution >= 4 is 52.1 Å². The predicted molar refractivity (Wildman–Crippen MR) is 87.6 cm³/mol. The number of hydrogen-bond acceptors (Lipinski definition) is 5. The zero-order valence-corrected chi connectivity index (χ0v) is 13.5. The number of anilines is 1. The Morgan fingerprint density at radius 3 is 2.68 bits per heavy atom. The summed E-state index contributed by atoms with van der Waals surface area (Å²) >= 11 is 17.5. The van der Waals surface area contributed by atoms with E-state index in [1.807, 2.05) is 0 Å². The van der Waals surface area contributed by atoms with Crippen LogP contribution >= 0.6 is 34.8 Å². The summed E-state index contributed by atoms with van der Waals surface area (Å²) in [6.45, 7) is 1.72. The van der Waals surface area contributed by atoms with Crippen LogP contribution in [-0.2, 0) is 0 Å². The Balaban J connectivity index is 2.24. The quantitative estimate of drug-likeness (QED) is 0.500. The molecular weight excluding hydrogens is 349 g/mol. The van der Waals surface area contributed by atoms with Crippen molar-refractivity contribution in [1.82, 2.24) is 15.4 Å². The summed E-state index contributed by atoms with van der Waals surface area (Å²) in [7, 11) is 0. The first kappa shape index (κ1) is 16.5. The zero-order valence-electron chi connectivity index (χ0n) is 11.3. The van der Waals surface area contributed by atoms with Gasteiger partial charge in [0.1, 0.15) is 5.02 Å². The summed E-state index contributed by atoms with van der Waals surface area (Å²) in [4.78, 5) is 19.9. The van der Waals surface area contributed by atoms with Gasteiger partial charge in [0.25, 0.3) is 5.91 Å². The number of nitrogens with two attached hydrogens (primary N) is 1. The fourth-order valence-electron chi connectivity index (χ4n) is 1.51. The lowest BCUT2D eigenvalue weighted by Crippen LogP contribution is -2.21. The van der Waals surface area contributed by atoms with Crippen LogP contribution in [0.2, 0.25) is 15.2 Å². The van der Waals surface area contributed by atoms with Gasteiger partial charge in [-0.25, -0.2) is 10.4 Å². The number of nitrogens with zero attached hydrogens (tertiary/aromatic N) is 3. The van der Waals surface area contributed by atoms with Gasteiger partial charge >= 0.3 is 0 Å². The Morgan fingerprint density at radius 1 is 1.32 bits per heavy atom. The molecule has 0 atom stereocenters. The Morgan fingerprint density at radius 2 is 2.05 bits per heavy atom. The van der Waals surface area contributed by atoms with Crippen molar-refractivity contribution in [3.8, 4) is 0 Å². The summed E-state index contributed by atoms with van der Waals surface area (Å²) in [6.07, 6.45) is 3.25. The summed E-state index contributed by atoms with van der Waals surface area (Å²) in [5.74, 6) is -0.654. The number of amides is 1. The van der Waals surface area contributed by atoms with Gasteiger partial charge in [-0.3, -0.25) is 9.78 Å². The molecule has 0 unspecified atom stereocenters. The Kier molecular flexibility index (Phi) is 5.18. The minimum Gasteiger partial charge on any atom is -0.396 e. The first-order chi connectivity index (χ1) is 10.4. The molecule has 0 aliphatic carbocycles. The van der Waals surface area contributed by atoms with Crippen molar-refractivity contribution in [3.63, 3.8) is 0 Å². The van der Waals surface area contributed by atoms with Crippen LogP contribution in [0.3, 0.4) is 0 Å². The molecule has 2 aromatic heterocycles. The molecule has 3 N–H and O–H groups in total. The molecule has 0 bridgehead atoms. The molecule has 0 saturated heterocycles. The lowest BCUT2D eigenvalue weighted by atomic mass is 10.2. The molecule has 0 aliphatic rings. The normalized spacial score (nSPS) is 11.4. The Bertz CT molecular complexity index is 749. The van der Waals surface area contributed by atoms with Gasteiger partial charge in [0.05, 0.1) is 16.4 Å². The average molecular weight is 359 g/mol. The van der Waals surface area contributed by atoms with Crippen LogP contribution in [0.25, 0.3) is 0 Å². The van der Waals surface area contributed by atoms with Crippen LogP contribution in [-0.4, -0.2) is 21.6 Å². The molecule has 9 heteroatoms. The van der Waals surface area contributed by atoms with Crippen LogP contribution in [0.5, 0.6) is 0 Å². The molecule has 22 heavy (non-hydrogen) atoms. The first-order valence-electron chi connectivity index (χ1n) is 5.96. The minimum absolute atomic E-state index is 0.00161. The summed E-state index contributed by atoms with van der Waals surface area (Å²) < 4.78 is 0. The van der Waals surface area contributed by atoms with Gasteiger partial charge in [-0.15, -0.1) is 0 Å². The van der Waals surface area contributed by atoms with E-state index in [0.717, 1.165) is 5.56 Å². The maximum atomic E-state index is 12.1. The predicted octanol–water partition coefficient (Wildman–Crippen LogP) is 3.17. The highest BCUT2D eigenvalue weighted by Crippen LogP contribution is 2.34. The molecule has 0 saturated carbocycles. The van der Waals surface area contributed by atoms with Crippen LogP contribution in [0, 0.1) is 0 Å². The van der Waals surface area contributed by atoms with E-state index in [9.17, 15) is 4.79 Å². The largest absolute Gasteiger partial charge is 0.396 e. The lowest BCUT2D eigenvalue weighted by molar-refractivity contribution is 0.0950. The van der Waals surface area contributed by atoms with Crippen molar-refractivity contribution in [2.24, 2.45) is 5.10 Å². The van der Waals surface area contributed by atoms with Crippen molar-refractivity contribution < 1.29 is 4.79 Å². The number of nitrogens with one attached hydrogen (secondary N) is 1. The van der Waals surface area contributed by atoms with E-state index in [1.165, 1.54) is 0 Å². The molecule has 2 aromatic rings. The second kappa shape index (κ2) is 6.91. The molecule has 2 rings (SSSR count). The lowest BCUT2D eigenvalue weighted by Gasteiger charge is -2.08. The maximum Gasteiger partial charge on any atom is 0.291 e. The smallest absolute Gasteiger partial charge is 0.291 e. The van der Waals surface area contributed by atoms with E-state index in [4.69, 9.17) is 40.5 Å². The second-order valence-corrected chi connectivity index (χ2v) is 5.29. The molecule has 114 valence electrons. The van der Waals surface area contributed by atoms with Gasteiger partial charge in [0.2, 0.25) is 0 Å².